The van der Waals surface area contributed by atoms with Crippen LogP contribution < -0.4 is 5.73 Å². The Hall–Kier alpha value is -0.940. The largest absolute Gasteiger partial charge is 0.396 e. The molecule has 0 saturated heterocycles. The lowest BCUT2D eigenvalue weighted by molar-refractivity contribution is 0.254. The highest BCUT2D eigenvalue weighted by molar-refractivity contribution is 4.86. The SMILES string of the molecule is CC.CC(C)(N)CCO.Cc1cn(CCC(C)C)nn1. The van der Waals surface area contributed by atoms with E-state index in [0.717, 1.165) is 18.2 Å². The lowest BCUT2D eigenvalue weighted by Crippen LogP contribution is -2.32. The maximum absolute atomic E-state index is 8.32. The van der Waals surface area contributed by atoms with Crippen LogP contribution in [0.4, 0.5) is 0 Å². The standard InChI is InChI=1S/C8H15N3.C5H13NO.C2H6/c1-7(2)4-5-11-6-8(3)9-10-11;1-5(2,6)3-4-7;1-2/h6-7H,4-5H2,1-3H3;7H,3-4,6H2,1-2H3;1-2H3. The number of nitrogens with zero attached hydrogens (tertiary/aromatic N) is 3. The molecule has 0 aromatic carbocycles. The third kappa shape index (κ3) is 15.1. The van der Waals surface area contributed by atoms with Gasteiger partial charge in [-0.05, 0) is 39.5 Å². The van der Waals surface area contributed by atoms with Crippen LogP contribution in [-0.4, -0.2) is 32.2 Å². The summed E-state index contributed by atoms with van der Waals surface area (Å²) in [6, 6.07) is 0. The van der Waals surface area contributed by atoms with Crippen LogP contribution in [-0.2, 0) is 6.54 Å². The fourth-order valence-corrected chi connectivity index (χ4v) is 1.18. The van der Waals surface area contributed by atoms with Crippen molar-refractivity contribution < 1.29 is 5.11 Å². The van der Waals surface area contributed by atoms with Gasteiger partial charge in [0.2, 0.25) is 0 Å². The lowest BCUT2D eigenvalue weighted by atomic mass is 10.0. The summed E-state index contributed by atoms with van der Waals surface area (Å²) >= 11 is 0. The van der Waals surface area contributed by atoms with Crippen LogP contribution in [0.5, 0.6) is 0 Å². The minimum absolute atomic E-state index is 0.184. The average molecular weight is 286 g/mol. The molecule has 0 unspecified atom stereocenters. The van der Waals surface area contributed by atoms with Crippen molar-refractivity contribution >= 4 is 0 Å². The number of aliphatic hydroxyl groups excluding tert-OH is 1. The van der Waals surface area contributed by atoms with Crippen LogP contribution >= 0.6 is 0 Å². The highest BCUT2D eigenvalue weighted by atomic mass is 16.3. The first-order valence-electron chi connectivity index (χ1n) is 7.51. The molecule has 0 spiro atoms. The van der Waals surface area contributed by atoms with Gasteiger partial charge in [-0.3, -0.25) is 4.68 Å². The van der Waals surface area contributed by atoms with Crippen LogP contribution in [0, 0.1) is 12.8 Å². The first-order valence-corrected chi connectivity index (χ1v) is 7.51. The second-order valence-corrected chi connectivity index (χ2v) is 5.77. The fraction of sp³-hybridized carbons (Fsp3) is 0.867. The van der Waals surface area contributed by atoms with E-state index in [1.165, 1.54) is 6.42 Å². The van der Waals surface area contributed by atoms with Crippen LogP contribution in [0.15, 0.2) is 6.20 Å². The van der Waals surface area contributed by atoms with E-state index in [4.69, 9.17) is 10.8 Å². The molecule has 0 aliphatic rings. The van der Waals surface area contributed by atoms with Crippen molar-refractivity contribution in [2.24, 2.45) is 11.7 Å². The molecular weight excluding hydrogens is 252 g/mol. The van der Waals surface area contributed by atoms with Crippen molar-refractivity contribution in [3.05, 3.63) is 11.9 Å². The number of nitrogens with two attached hydrogens (primary N) is 1. The summed E-state index contributed by atoms with van der Waals surface area (Å²) in [5.41, 5.74) is 6.28. The summed E-state index contributed by atoms with van der Waals surface area (Å²) in [6.45, 7) is 15.3. The molecule has 0 aliphatic carbocycles. The second kappa shape index (κ2) is 11.9. The lowest BCUT2D eigenvalue weighted by Gasteiger charge is -2.15. The second-order valence-electron chi connectivity index (χ2n) is 5.77. The number of aryl methyl sites for hydroxylation is 2. The van der Waals surface area contributed by atoms with E-state index in [9.17, 15) is 0 Å². The smallest absolute Gasteiger partial charge is 0.0796 e. The van der Waals surface area contributed by atoms with Crippen molar-refractivity contribution in [2.45, 2.75) is 73.4 Å². The Bertz CT molecular complexity index is 316. The van der Waals surface area contributed by atoms with Gasteiger partial charge in [0.15, 0.2) is 0 Å². The summed E-state index contributed by atoms with van der Waals surface area (Å²) in [7, 11) is 0. The molecule has 0 atom stereocenters. The monoisotopic (exact) mass is 286 g/mol. The number of hydrogen-bond donors (Lipinski definition) is 2. The molecule has 0 fully saturated rings. The fourth-order valence-electron chi connectivity index (χ4n) is 1.18. The Morgan fingerprint density at radius 2 is 1.90 bits per heavy atom. The normalized spacial score (nSPS) is 10.5. The molecule has 20 heavy (non-hydrogen) atoms. The first-order chi connectivity index (χ1) is 9.24. The summed E-state index contributed by atoms with van der Waals surface area (Å²) in [5.74, 6) is 0.736. The van der Waals surface area contributed by atoms with E-state index in [1.54, 1.807) is 0 Å². The van der Waals surface area contributed by atoms with Gasteiger partial charge in [0, 0.05) is 24.9 Å². The van der Waals surface area contributed by atoms with Crippen molar-refractivity contribution in [2.75, 3.05) is 6.61 Å². The van der Waals surface area contributed by atoms with Crippen LogP contribution in [0.1, 0.15) is 60.1 Å². The van der Waals surface area contributed by atoms with Gasteiger partial charge in [0.05, 0.1) is 5.69 Å². The van der Waals surface area contributed by atoms with E-state index in [2.05, 4.69) is 24.2 Å². The number of aliphatic hydroxyl groups is 1. The van der Waals surface area contributed by atoms with Crippen LogP contribution in [0.2, 0.25) is 0 Å². The van der Waals surface area contributed by atoms with Crippen molar-refractivity contribution in [1.29, 1.82) is 0 Å². The van der Waals surface area contributed by atoms with E-state index in [0.29, 0.717) is 6.42 Å². The Morgan fingerprint density at radius 1 is 1.35 bits per heavy atom. The molecule has 0 amide bonds. The predicted octanol–water partition coefficient (Wildman–Crippen LogP) is 2.76. The van der Waals surface area contributed by atoms with Crippen LogP contribution in [0.25, 0.3) is 0 Å². The summed E-state index contributed by atoms with van der Waals surface area (Å²) in [5, 5.41) is 16.2. The highest BCUT2D eigenvalue weighted by Gasteiger charge is 2.07. The number of hydrogen-bond acceptors (Lipinski definition) is 4. The van der Waals surface area contributed by atoms with Gasteiger partial charge in [-0.1, -0.05) is 32.9 Å². The van der Waals surface area contributed by atoms with E-state index >= 15 is 0 Å². The van der Waals surface area contributed by atoms with Crippen molar-refractivity contribution in [1.82, 2.24) is 15.0 Å². The molecule has 3 N–H and O–H groups in total. The third-order valence-corrected chi connectivity index (χ3v) is 2.34. The first kappa shape index (κ1) is 21.4. The molecule has 5 heteroatoms. The summed E-state index contributed by atoms with van der Waals surface area (Å²) < 4.78 is 1.90. The highest BCUT2D eigenvalue weighted by Crippen LogP contribution is 2.01. The maximum Gasteiger partial charge on any atom is 0.0796 e. The van der Waals surface area contributed by atoms with Gasteiger partial charge in [-0.15, -0.1) is 5.10 Å². The average Bonchev–Trinajstić information content (AvgIpc) is 2.74. The number of rotatable bonds is 5. The Morgan fingerprint density at radius 3 is 2.15 bits per heavy atom. The molecular formula is C15H34N4O. The summed E-state index contributed by atoms with van der Waals surface area (Å²) in [6.07, 6.45) is 3.82. The third-order valence-electron chi connectivity index (χ3n) is 2.34. The zero-order chi connectivity index (χ0) is 16.2. The Balaban J connectivity index is 0. The zero-order valence-electron chi connectivity index (χ0n) is 14.3. The van der Waals surface area contributed by atoms with E-state index in [-0.39, 0.29) is 12.1 Å². The minimum atomic E-state index is -0.200. The molecule has 0 radical (unpaired) electrons. The van der Waals surface area contributed by atoms with Gasteiger partial charge in [-0.2, -0.15) is 0 Å². The summed E-state index contributed by atoms with van der Waals surface area (Å²) in [4.78, 5) is 0. The van der Waals surface area contributed by atoms with Gasteiger partial charge in [0.1, 0.15) is 0 Å². The molecule has 1 aromatic rings. The molecule has 0 saturated carbocycles. The molecule has 1 aromatic heterocycles. The van der Waals surface area contributed by atoms with E-state index < -0.39 is 0 Å². The molecule has 1 rings (SSSR count). The van der Waals surface area contributed by atoms with Gasteiger partial charge >= 0.3 is 0 Å². The van der Waals surface area contributed by atoms with Crippen LogP contribution in [0.3, 0.4) is 0 Å². The Kier molecular flexibility index (Phi) is 12.7. The minimum Gasteiger partial charge on any atom is -0.396 e. The number of aromatic nitrogens is 3. The molecule has 0 aliphatic heterocycles. The quantitative estimate of drug-likeness (QED) is 0.872. The zero-order valence-corrected chi connectivity index (χ0v) is 14.3. The van der Waals surface area contributed by atoms with Gasteiger partial charge < -0.3 is 10.8 Å². The Labute approximate surface area is 124 Å². The molecule has 120 valence electrons. The van der Waals surface area contributed by atoms with Gasteiger partial charge in [0.25, 0.3) is 0 Å². The molecule has 1 heterocycles. The van der Waals surface area contributed by atoms with Gasteiger partial charge in [-0.25, -0.2) is 0 Å². The molecule has 0 bridgehead atoms. The maximum atomic E-state index is 8.32. The van der Waals surface area contributed by atoms with E-state index in [1.807, 2.05) is 45.5 Å². The topological polar surface area (TPSA) is 77.0 Å². The molecule has 5 nitrogen and oxygen atoms in total. The van der Waals surface area contributed by atoms with Crippen molar-refractivity contribution in [3.63, 3.8) is 0 Å². The predicted molar refractivity (Wildman–Crippen MR) is 85.5 cm³/mol. The van der Waals surface area contributed by atoms with Crippen molar-refractivity contribution in [3.8, 4) is 0 Å².